The third-order valence-corrected chi connectivity index (χ3v) is 5.25. The summed E-state index contributed by atoms with van der Waals surface area (Å²) < 4.78 is 1.82. The minimum atomic E-state index is -0.934. The molecule has 28 heavy (non-hydrogen) atoms. The molecule has 0 saturated heterocycles. The molecule has 2 aromatic rings. The van der Waals surface area contributed by atoms with Crippen LogP contribution in [0, 0.1) is 5.41 Å². The van der Waals surface area contributed by atoms with Crippen molar-refractivity contribution in [2.75, 3.05) is 0 Å². The van der Waals surface area contributed by atoms with Crippen molar-refractivity contribution in [3.05, 3.63) is 71.3 Å². The van der Waals surface area contributed by atoms with Crippen LogP contribution in [0.5, 0.6) is 0 Å². The lowest BCUT2D eigenvalue weighted by Crippen LogP contribution is -2.26. The maximum absolute atomic E-state index is 11.2. The zero-order valence-corrected chi connectivity index (χ0v) is 17.8. The average Bonchev–Trinajstić information content (AvgIpc) is 3.09. The fourth-order valence-corrected chi connectivity index (χ4v) is 3.83. The molecule has 0 amide bonds. The summed E-state index contributed by atoms with van der Waals surface area (Å²) in [5, 5.41) is 19.0. The van der Waals surface area contributed by atoms with Crippen LogP contribution in [0.25, 0.3) is 5.69 Å². The smallest absolute Gasteiger partial charge is 0.0922 e. The van der Waals surface area contributed by atoms with E-state index >= 15 is 0 Å². The first-order valence-corrected chi connectivity index (χ1v) is 10.1. The summed E-state index contributed by atoms with van der Waals surface area (Å²) in [5.74, 6) is 0. The molecule has 0 saturated carbocycles. The Labute approximate surface area is 169 Å². The van der Waals surface area contributed by atoms with Crippen LogP contribution in [-0.2, 0) is 5.60 Å². The highest BCUT2D eigenvalue weighted by Crippen LogP contribution is 2.33. The van der Waals surface area contributed by atoms with Gasteiger partial charge in [0, 0.05) is 30.2 Å². The number of aromatic nitrogens is 2. The molecule has 1 unspecified atom stereocenters. The van der Waals surface area contributed by atoms with Gasteiger partial charge >= 0.3 is 0 Å². The first-order chi connectivity index (χ1) is 13.1. The van der Waals surface area contributed by atoms with E-state index in [-0.39, 0.29) is 5.41 Å². The summed E-state index contributed by atoms with van der Waals surface area (Å²) in [6.07, 6.45) is 9.67. The monoisotopic (exact) mass is 379 g/mol. The Kier molecular flexibility index (Phi) is 5.80. The van der Waals surface area contributed by atoms with Gasteiger partial charge in [-0.05, 0) is 62.3 Å². The maximum atomic E-state index is 11.2. The van der Waals surface area contributed by atoms with Crippen LogP contribution in [0.4, 0.5) is 0 Å². The number of aliphatic hydroxyl groups is 1. The molecule has 1 aromatic heterocycles. The van der Waals surface area contributed by atoms with Gasteiger partial charge in [0.2, 0.25) is 0 Å². The third kappa shape index (κ3) is 5.14. The van der Waals surface area contributed by atoms with Crippen LogP contribution in [-0.4, -0.2) is 14.9 Å². The molecular weight excluding hydrogens is 346 g/mol. The first-order valence-electron chi connectivity index (χ1n) is 10.1. The second kappa shape index (κ2) is 7.96. The van der Waals surface area contributed by atoms with Gasteiger partial charge in [-0.15, -0.1) is 0 Å². The van der Waals surface area contributed by atoms with E-state index in [2.05, 4.69) is 44.2 Å². The van der Waals surface area contributed by atoms with Gasteiger partial charge in [-0.1, -0.05) is 44.6 Å². The molecule has 0 bridgehead atoms. The Bertz CT molecular complexity index is 850. The first kappa shape index (κ1) is 20.4. The fourth-order valence-electron chi connectivity index (χ4n) is 3.83. The van der Waals surface area contributed by atoms with Crippen molar-refractivity contribution >= 4 is 0 Å². The van der Waals surface area contributed by atoms with Crippen LogP contribution >= 0.6 is 0 Å². The zero-order chi connectivity index (χ0) is 20.4. The molecule has 3 rings (SSSR count). The van der Waals surface area contributed by atoms with E-state index in [9.17, 15) is 5.11 Å². The van der Waals surface area contributed by atoms with Crippen LogP contribution in [0.15, 0.2) is 65.8 Å². The molecule has 0 aliphatic carbocycles. The van der Waals surface area contributed by atoms with Crippen LogP contribution in [0.2, 0.25) is 0 Å². The van der Waals surface area contributed by atoms with E-state index in [0.29, 0.717) is 6.42 Å². The average molecular weight is 380 g/mol. The van der Waals surface area contributed by atoms with Gasteiger partial charge in [0.05, 0.1) is 11.3 Å². The molecule has 1 aliphatic rings. The highest BCUT2D eigenvalue weighted by molar-refractivity contribution is 5.36. The molecule has 0 radical (unpaired) electrons. The number of nitrogens with one attached hydrogen (secondary N) is 1. The second-order valence-corrected chi connectivity index (χ2v) is 9.31. The summed E-state index contributed by atoms with van der Waals surface area (Å²) in [4.78, 5) is 0. The molecule has 1 atom stereocenters. The second-order valence-electron chi connectivity index (χ2n) is 9.31. The summed E-state index contributed by atoms with van der Waals surface area (Å²) in [5.41, 5.74) is 5.07. The standard InChI is InChI=1S/C24H33N3O/c1-18-19(16-23(2,3)4)8-6-9-21(26-18)17-24(5,28)20-10-12-22(13-11-20)27-15-7-14-25-27/h7,9-15,26,28H,6,8,16-17H2,1-5H3. The Morgan fingerprint density at radius 2 is 1.82 bits per heavy atom. The highest BCUT2D eigenvalue weighted by atomic mass is 16.3. The number of hydrogen-bond acceptors (Lipinski definition) is 3. The zero-order valence-electron chi connectivity index (χ0n) is 17.8. The third-order valence-electron chi connectivity index (χ3n) is 5.25. The number of benzene rings is 1. The molecule has 2 heterocycles. The molecule has 0 fully saturated rings. The van der Waals surface area contributed by atoms with Crippen molar-refractivity contribution in [3.63, 3.8) is 0 Å². The van der Waals surface area contributed by atoms with E-state index in [1.165, 1.54) is 11.3 Å². The van der Waals surface area contributed by atoms with E-state index in [1.54, 1.807) is 6.20 Å². The van der Waals surface area contributed by atoms with Gasteiger partial charge < -0.3 is 10.4 Å². The fraction of sp³-hybridized carbons (Fsp3) is 0.458. The van der Waals surface area contributed by atoms with Gasteiger partial charge in [0.1, 0.15) is 0 Å². The maximum Gasteiger partial charge on any atom is 0.0922 e. The molecule has 150 valence electrons. The molecule has 1 aliphatic heterocycles. The summed E-state index contributed by atoms with van der Waals surface area (Å²) in [7, 11) is 0. The lowest BCUT2D eigenvalue weighted by molar-refractivity contribution is 0.0562. The number of nitrogens with zero attached hydrogens (tertiary/aromatic N) is 2. The molecule has 2 N–H and O–H groups in total. The van der Waals surface area contributed by atoms with E-state index < -0.39 is 5.60 Å². The topological polar surface area (TPSA) is 50.1 Å². The molecular formula is C24H33N3O. The predicted molar refractivity (Wildman–Crippen MR) is 115 cm³/mol. The molecule has 4 nitrogen and oxygen atoms in total. The molecule has 0 spiro atoms. The summed E-state index contributed by atoms with van der Waals surface area (Å²) in [6.45, 7) is 10.9. The van der Waals surface area contributed by atoms with Crippen LogP contribution < -0.4 is 5.32 Å². The van der Waals surface area contributed by atoms with Gasteiger partial charge in [-0.3, -0.25) is 0 Å². The number of rotatable bonds is 5. The Hall–Kier alpha value is -2.33. The van der Waals surface area contributed by atoms with Gasteiger partial charge in [0.15, 0.2) is 0 Å². The van der Waals surface area contributed by atoms with Crippen LogP contribution in [0.1, 0.15) is 65.9 Å². The van der Waals surface area contributed by atoms with Crippen LogP contribution in [0.3, 0.4) is 0 Å². The Morgan fingerprint density at radius 3 is 2.43 bits per heavy atom. The van der Waals surface area contributed by atoms with Crippen molar-refractivity contribution in [3.8, 4) is 5.69 Å². The van der Waals surface area contributed by atoms with Crippen molar-refractivity contribution in [2.24, 2.45) is 5.41 Å². The Morgan fingerprint density at radius 1 is 1.11 bits per heavy atom. The minimum Gasteiger partial charge on any atom is -0.385 e. The van der Waals surface area contributed by atoms with Gasteiger partial charge in [0.25, 0.3) is 0 Å². The Balaban J connectivity index is 1.72. The lowest BCUT2D eigenvalue weighted by Gasteiger charge is -2.27. The summed E-state index contributed by atoms with van der Waals surface area (Å²) in [6, 6.07) is 9.87. The molecule has 4 heteroatoms. The predicted octanol–water partition coefficient (Wildman–Crippen LogP) is 5.45. The van der Waals surface area contributed by atoms with Crippen molar-refractivity contribution in [1.29, 1.82) is 0 Å². The lowest BCUT2D eigenvalue weighted by atomic mass is 9.86. The number of hydrogen-bond donors (Lipinski definition) is 2. The minimum absolute atomic E-state index is 0.282. The van der Waals surface area contributed by atoms with E-state index in [0.717, 1.165) is 36.2 Å². The number of allylic oxidation sites excluding steroid dienone is 3. The highest BCUT2D eigenvalue weighted by Gasteiger charge is 2.26. The van der Waals surface area contributed by atoms with Crippen molar-refractivity contribution in [2.45, 2.75) is 65.9 Å². The van der Waals surface area contributed by atoms with Gasteiger partial charge in [-0.2, -0.15) is 5.10 Å². The normalized spacial score (nSPS) is 17.6. The quantitative estimate of drug-likeness (QED) is 0.726. The van der Waals surface area contributed by atoms with E-state index in [1.807, 2.05) is 48.1 Å². The van der Waals surface area contributed by atoms with Crippen molar-refractivity contribution in [1.82, 2.24) is 15.1 Å². The van der Waals surface area contributed by atoms with Crippen molar-refractivity contribution < 1.29 is 5.11 Å². The molecule has 1 aromatic carbocycles. The largest absolute Gasteiger partial charge is 0.385 e. The summed E-state index contributed by atoms with van der Waals surface area (Å²) >= 11 is 0. The van der Waals surface area contributed by atoms with E-state index in [4.69, 9.17) is 0 Å². The van der Waals surface area contributed by atoms with Gasteiger partial charge in [-0.25, -0.2) is 4.68 Å². The SMILES string of the molecule is CC1=C(CC(C)(C)C)CCC=C(CC(C)(O)c2ccc(-n3cccn3)cc2)N1.